The second kappa shape index (κ2) is 6.44. The third-order valence-electron chi connectivity index (χ3n) is 5.01. The number of carbonyl (C=O) groups excluding carboxylic acids is 1. The van der Waals surface area contributed by atoms with E-state index in [1.54, 1.807) is 24.0 Å². The van der Waals surface area contributed by atoms with Gasteiger partial charge in [0.15, 0.2) is 0 Å². The van der Waals surface area contributed by atoms with Crippen molar-refractivity contribution in [2.45, 2.75) is 26.8 Å². The zero-order valence-electron chi connectivity index (χ0n) is 14.4. The van der Waals surface area contributed by atoms with Crippen LogP contribution >= 0.6 is 15.9 Å². The summed E-state index contributed by atoms with van der Waals surface area (Å²) in [6.45, 7) is 6.99. The summed E-state index contributed by atoms with van der Waals surface area (Å²) >= 11 is 3.68. The summed E-state index contributed by atoms with van der Waals surface area (Å²) in [6, 6.07) is 2.12. The number of aryl methyl sites for hydroxylation is 1. The Morgan fingerprint density at radius 2 is 2.16 bits per heavy atom. The maximum Gasteiger partial charge on any atom is 0.341 e. The first-order valence-corrected chi connectivity index (χ1v) is 9.45. The van der Waals surface area contributed by atoms with Gasteiger partial charge < -0.3 is 9.64 Å². The maximum atomic E-state index is 11.8. The van der Waals surface area contributed by atoms with Crippen molar-refractivity contribution < 1.29 is 9.53 Å². The lowest BCUT2D eigenvalue weighted by Crippen LogP contribution is -2.24. The molecule has 0 amide bonds. The molecule has 25 heavy (non-hydrogen) atoms. The van der Waals surface area contributed by atoms with Gasteiger partial charge in [-0.1, -0.05) is 0 Å². The lowest BCUT2D eigenvalue weighted by molar-refractivity contribution is 0.0526. The van der Waals surface area contributed by atoms with Crippen LogP contribution in [0, 0.1) is 18.8 Å². The lowest BCUT2D eigenvalue weighted by Gasteiger charge is -2.22. The molecule has 6 nitrogen and oxygen atoms in total. The predicted molar refractivity (Wildman–Crippen MR) is 97.8 cm³/mol. The minimum Gasteiger partial charge on any atom is -0.462 e. The van der Waals surface area contributed by atoms with Gasteiger partial charge in [0.05, 0.1) is 29.4 Å². The summed E-state index contributed by atoms with van der Waals surface area (Å²) in [5.41, 5.74) is 2.55. The lowest BCUT2D eigenvalue weighted by atomic mass is 10.2. The topological polar surface area (TPSA) is 60.2 Å². The number of pyridine rings is 1. The fourth-order valence-electron chi connectivity index (χ4n) is 3.50. The number of aromatic nitrogens is 3. The molecule has 1 aliphatic carbocycles. The smallest absolute Gasteiger partial charge is 0.341 e. The number of halogens is 1. The predicted octanol–water partition coefficient (Wildman–Crippen LogP) is 3.03. The van der Waals surface area contributed by atoms with E-state index in [4.69, 9.17) is 9.72 Å². The van der Waals surface area contributed by atoms with Gasteiger partial charge in [-0.05, 0) is 59.7 Å². The molecular weight excluding hydrogens is 384 g/mol. The fraction of sp³-hybridized carbons (Fsp3) is 0.500. The average Bonchev–Trinajstić information content (AvgIpc) is 2.98. The normalized spacial score (nSPS) is 21.3. The SMILES string of the molecule is CCOC(=O)c1cnn(Cc2cc(Br)c(N3CC4CC4C3)nc2C)c1. The molecule has 0 N–H and O–H groups in total. The Balaban J connectivity index is 1.51. The molecular formula is C18H21BrN4O2. The van der Waals surface area contributed by atoms with Crippen molar-refractivity contribution in [3.8, 4) is 0 Å². The Hall–Kier alpha value is -1.89. The molecule has 1 saturated carbocycles. The van der Waals surface area contributed by atoms with Crippen LogP contribution in [0.2, 0.25) is 0 Å². The van der Waals surface area contributed by atoms with Crippen LogP contribution in [0.4, 0.5) is 5.82 Å². The van der Waals surface area contributed by atoms with Gasteiger partial charge in [-0.15, -0.1) is 0 Å². The van der Waals surface area contributed by atoms with Gasteiger partial charge in [0.2, 0.25) is 0 Å². The number of fused-ring (bicyclic) bond motifs is 1. The molecule has 1 saturated heterocycles. The van der Waals surface area contributed by atoms with Crippen molar-refractivity contribution in [1.82, 2.24) is 14.8 Å². The van der Waals surface area contributed by atoms with E-state index < -0.39 is 0 Å². The highest BCUT2D eigenvalue weighted by molar-refractivity contribution is 9.10. The number of hydrogen-bond acceptors (Lipinski definition) is 5. The second-order valence-electron chi connectivity index (χ2n) is 6.85. The van der Waals surface area contributed by atoms with Gasteiger partial charge in [-0.25, -0.2) is 9.78 Å². The standard InChI is InChI=1S/C18H21BrN4O2/c1-3-25-18(24)15-6-20-23(10-15)9-12-5-16(19)17(21-11(12)2)22-7-13-4-14(13)8-22/h5-6,10,13-14H,3-4,7-9H2,1-2H3. The molecule has 2 unspecified atom stereocenters. The zero-order valence-corrected chi connectivity index (χ0v) is 16.0. The quantitative estimate of drug-likeness (QED) is 0.716. The molecule has 0 spiro atoms. The van der Waals surface area contributed by atoms with Crippen molar-refractivity contribution in [3.63, 3.8) is 0 Å². The number of ether oxygens (including phenoxy) is 1. The van der Waals surface area contributed by atoms with Crippen molar-refractivity contribution in [2.75, 3.05) is 24.6 Å². The van der Waals surface area contributed by atoms with Crippen LogP contribution in [0.5, 0.6) is 0 Å². The molecule has 0 radical (unpaired) electrons. The number of carbonyl (C=O) groups is 1. The third-order valence-corrected chi connectivity index (χ3v) is 5.59. The van der Waals surface area contributed by atoms with Crippen molar-refractivity contribution in [1.29, 1.82) is 0 Å². The Morgan fingerprint density at radius 1 is 1.40 bits per heavy atom. The Kier molecular flexibility index (Phi) is 4.27. The average molecular weight is 405 g/mol. The number of anilines is 1. The molecule has 7 heteroatoms. The van der Waals surface area contributed by atoms with Gasteiger partial charge in [-0.3, -0.25) is 4.68 Å². The zero-order chi connectivity index (χ0) is 17.6. The van der Waals surface area contributed by atoms with E-state index in [-0.39, 0.29) is 5.97 Å². The van der Waals surface area contributed by atoms with Gasteiger partial charge in [0, 0.05) is 25.0 Å². The molecule has 3 heterocycles. The number of hydrogen-bond donors (Lipinski definition) is 0. The van der Waals surface area contributed by atoms with Gasteiger partial charge in [0.25, 0.3) is 0 Å². The van der Waals surface area contributed by atoms with Gasteiger partial charge in [-0.2, -0.15) is 5.10 Å². The minimum absolute atomic E-state index is 0.340. The monoisotopic (exact) mass is 404 g/mol. The van der Waals surface area contributed by atoms with Crippen LogP contribution in [-0.4, -0.2) is 40.4 Å². The summed E-state index contributed by atoms with van der Waals surface area (Å²) in [6.07, 6.45) is 4.64. The third kappa shape index (κ3) is 3.29. The summed E-state index contributed by atoms with van der Waals surface area (Å²) < 4.78 is 7.77. The van der Waals surface area contributed by atoms with E-state index in [0.717, 1.165) is 46.5 Å². The number of piperidine rings is 1. The first-order valence-electron chi connectivity index (χ1n) is 8.65. The summed E-state index contributed by atoms with van der Waals surface area (Å²) in [5, 5.41) is 4.26. The van der Waals surface area contributed by atoms with Gasteiger partial charge in [0.1, 0.15) is 5.82 Å². The van der Waals surface area contributed by atoms with Crippen LogP contribution in [0.3, 0.4) is 0 Å². The molecule has 1 aliphatic heterocycles. The largest absolute Gasteiger partial charge is 0.462 e. The molecule has 2 aromatic heterocycles. The minimum atomic E-state index is -0.340. The van der Waals surface area contributed by atoms with E-state index in [9.17, 15) is 4.79 Å². The van der Waals surface area contributed by atoms with Crippen LogP contribution in [-0.2, 0) is 11.3 Å². The van der Waals surface area contributed by atoms with Crippen LogP contribution in [0.15, 0.2) is 22.9 Å². The van der Waals surface area contributed by atoms with Gasteiger partial charge >= 0.3 is 5.97 Å². The highest BCUT2D eigenvalue weighted by Crippen LogP contribution is 2.47. The van der Waals surface area contributed by atoms with Crippen molar-refractivity contribution >= 4 is 27.7 Å². The Bertz CT molecular complexity index is 809. The first-order chi connectivity index (χ1) is 12.0. The van der Waals surface area contributed by atoms with Crippen LogP contribution in [0.1, 0.15) is 35.0 Å². The highest BCUT2D eigenvalue weighted by Gasteiger charge is 2.45. The van der Waals surface area contributed by atoms with Crippen molar-refractivity contribution in [3.05, 3.63) is 39.8 Å². The fourth-order valence-corrected chi connectivity index (χ4v) is 4.12. The van der Waals surface area contributed by atoms with Crippen molar-refractivity contribution in [2.24, 2.45) is 11.8 Å². The van der Waals surface area contributed by atoms with Crippen LogP contribution in [0.25, 0.3) is 0 Å². The maximum absolute atomic E-state index is 11.8. The van der Waals surface area contributed by atoms with E-state index in [1.165, 1.54) is 6.42 Å². The molecule has 2 aromatic rings. The second-order valence-corrected chi connectivity index (χ2v) is 7.70. The van der Waals surface area contributed by atoms with E-state index in [1.807, 2.05) is 6.92 Å². The first kappa shape index (κ1) is 16.6. The number of rotatable bonds is 5. The van der Waals surface area contributed by atoms with E-state index in [0.29, 0.717) is 18.7 Å². The molecule has 0 aromatic carbocycles. The van der Waals surface area contributed by atoms with Crippen LogP contribution < -0.4 is 4.90 Å². The summed E-state index contributed by atoms with van der Waals surface area (Å²) in [4.78, 5) is 19.0. The summed E-state index contributed by atoms with van der Waals surface area (Å²) in [5.74, 6) is 2.45. The Labute approximate surface area is 155 Å². The highest BCUT2D eigenvalue weighted by atomic mass is 79.9. The Morgan fingerprint density at radius 3 is 2.88 bits per heavy atom. The number of esters is 1. The molecule has 2 fully saturated rings. The number of nitrogens with zero attached hydrogens (tertiary/aromatic N) is 4. The van der Waals surface area contributed by atoms with E-state index in [2.05, 4.69) is 32.0 Å². The molecule has 4 rings (SSSR count). The van der Waals surface area contributed by atoms with E-state index >= 15 is 0 Å². The molecule has 0 bridgehead atoms. The summed E-state index contributed by atoms with van der Waals surface area (Å²) in [7, 11) is 0. The molecule has 2 aliphatic rings. The molecule has 2 atom stereocenters. The molecule has 132 valence electrons.